The molecule has 0 aliphatic carbocycles. The van der Waals surface area contributed by atoms with Crippen LogP contribution >= 0.6 is 0 Å². The molecule has 1 atom stereocenters. The number of nitrogens with one attached hydrogen (secondary N) is 2. The normalized spacial score (nSPS) is 18.0. The zero-order valence-corrected chi connectivity index (χ0v) is 15.6. The van der Waals surface area contributed by atoms with E-state index in [2.05, 4.69) is 12.2 Å². The minimum Gasteiger partial charge on any atom is -0.349 e. The van der Waals surface area contributed by atoms with Gasteiger partial charge in [0.05, 0.1) is 31.1 Å². The molecule has 1 amide bonds. The molecular weight excluding hydrogens is 345 g/mol. The summed E-state index contributed by atoms with van der Waals surface area (Å²) in [5.74, 6) is -0.456. The smallest absolute Gasteiger partial charge is 0.275 e. The molecule has 140 valence electrons. The molecule has 0 bridgehead atoms. The van der Waals surface area contributed by atoms with Crippen LogP contribution in [0, 0.1) is 5.82 Å². The molecular formula is C17H27FN3O3S+. The maximum Gasteiger partial charge on any atom is 0.275 e. The highest BCUT2D eigenvalue weighted by Gasteiger charge is 2.31. The van der Waals surface area contributed by atoms with E-state index in [0.29, 0.717) is 32.7 Å². The lowest BCUT2D eigenvalue weighted by Gasteiger charge is -2.31. The predicted octanol–water partition coefficient (Wildman–Crippen LogP) is 0.0197. The lowest BCUT2D eigenvalue weighted by molar-refractivity contribution is -0.895. The van der Waals surface area contributed by atoms with Crippen molar-refractivity contribution in [1.82, 2.24) is 9.62 Å². The molecule has 0 unspecified atom stereocenters. The van der Waals surface area contributed by atoms with E-state index in [1.54, 1.807) is 0 Å². The number of hydrogen-bond donors (Lipinski definition) is 2. The standard InChI is InChI=1S/C17H26FN3O3S/c1-3-4-14(2)19-17(22)13-20-9-11-21(12-10-20)25(23,24)16-7-5-15(18)6-8-16/h5-8,14H,3-4,9-13H2,1-2H3,(H,19,22)/p+1/t14-/m0/s1. The van der Waals surface area contributed by atoms with Crippen LogP contribution in [0.3, 0.4) is 0 Å². The topological polar surface area (TPSA) is 70.9 Å². The molecule has 1 aromatic carbocycles. The van der Waals surface area contributed by atoms with E-state index in [4.69, 9.17) is 0 Å². The third-order valence-electron chi connectivity index (χ3n) is 4.42. The second kappa shape index (κ2) is 8.73. The van der Waals surface area contributed by atoms with Gasteiger partial charge in [0.1, 0.15) is 5.82 Å². The van der Waals surface area contributed by atoms with E-state index < -0.39 is 15.8 Å². The van der Waals surface area contributed by atoms with Gasteiger partial charge in [0.2, 0.25) is 10.0 Å². The molecule has 2 N–H and O–H groups in total. The number of rotatable bonds is 7. The van der Waals surface area contributed by atoms with E-state index in [0.717, 1.165) is 29.9 Å². The molecule has 2 rings (SSSR count). The molecule has 6 nitrogen and oxygen atoms in total. The average molecular weight is 372 g/mol. The zero-order chi connectivity index (χ0) is 18.4. The Labute approximate surface area is 149 Å². The second-order valence-electron chi connectivity index (χ2n) is 6.54. The molecule has 8 heteroatoms. The molecule has 1 fully saturated rings. The molecule has 1 aromatic rings. The molecule has 1 saturated heterocycles. The zero-order valence-electron chi connectivity index (χ0n) is 14.8. The van der Waals surface area contributed by atoms with Crippen LogP contribution in [-0.2, 0) is 14.8 Å². The van der Waals surface area contributed by atoms with Gasteiger partial charge in [0, 0.05) is 6.04 Å². The minimum absolute atomic E-state index is 0.00536. The van der Waals surface area contributed by atoms with Crippen molar-refractivity contribution in [3.63, 3.8) is 0 Å². The highest BCUT2D eigenvalue weighted by atomic mass is 32.2. The predicted molar refractivity (Wildman–Crippen MR) is 93.2 cm³/mol. The van der Waals surface area contributed by atoms with Gasteiger partial charge < -0.3 is 10.2 Å². The first-order chi connectivity index (χ1) is 11.8. The largest absolute Gasteiger partial charge is 0.349 e. The highest BCUT2D eigenvalue weighted by molar-refractivity contribution is 7.89. The van der Waals surface area contributed by atoms with Crippen molar-refractivity contribution in [1.29, 1.82) is 0 Å². The third-order valence-corrected chi connectivity index (χ3v) is 6.33. The summed E-state index contributed by atoms with van der Waals surface area (Å²) in [4.78, 5) is 13.2. The van der Waals surface area contributed by atoms with Crippen molar-refractivity contribution in [3.05, 3.63) is 30.1 Å². The second-order valence-corrected chi connectivity index (χ2v) is 8.48. The van der Waals surface area contributed by atoms with E-state index in [1.807, 2.05) is 6.92 Å². The Hall–Kier alpha value is -1.51. The number of piperazine rings is 1. The summed E-state index contributed by atoms with van der Waals surface area (Å²) in [6, 6.07) is 5.03. The molecule has 0 spiro atoms. The highest BCUT2D eigenvalue weighted by Crippen LogP contribution is 2.15. The Morgan fingerprint density at radius 1 is 1.28 bits per heavy atom. The van der Waals surface area contributed by atoms with Crippen molar-refractivity contribution in [2.45, 2.75) is 37.6 Å². The summed E-state index contributed by atoms with van der Waals surface area (Å²) < 4.78 is 39.5. The summed E-state index contributed by atoms with van der Waals surface area (Å²) in [6.07, 6.45) is 1.97. The Bertz CT molecular complexity index is 671. The molecule has 1 aliphatic rings. The fourth-order valence-corrected chi connectivity index (χ4v) is 4.47. The minimum atomic E-state index is -3.60. The molecule has 25 heavy (non-hydrogen) atoms. The summed E-state index contributed by atoms with van der Waals surface area (Å²) in [5, 5.41) is 2.97. The van der Waals surface area contributed by atoms with Gasteiger partial charge in [-0.2, -0.15) is 4.31 Å². The molecule has 0 aromatic heterocycles. The van der Waals surface area contributed by atoms with E-state index >= 15 is 0 Å². The van der Waals surface area contributed by atoms with Gasteiger partial charge >= 0.3 is 0 Å². The fraction of sp³-hybridized carbons (Fsp3) is 0.588. The number of carbonyl (C=O) groups is 1. The van der Waals surface area contributed by atoms with Gasteiger partial charge in [-0.05, 0) is 37.6 Å². The Morgan fingerprint density at radius 2 is 1.88 bits per heavy atom. The van der Waals surface area contributed by atoms with Crippen LogP contribution in [0.25, 0.3) is 0 Å². The summed E-state index contributed by atoms with van der Waals surface area (Å²) in [5.41, 5.74) is 0. The van der Waals surface area contributed by atoms with Crippen LogP contribution in [0.5, 0.6) is 0 Å². The van der Waals surface area contributed by atoms with Crippen LogP contribution in [0.15, 0.2) is 29.2 Å². The van der Waals surface area contributed by atoms with Crippen LogP contribution in [0.4, 0.5) is 4.39 Å². The maximum absolute atomic E-state index is 13.0. The fourth-order valence-electron chi connectivity index (χ4n) is 3.03. The van der Waals surface area contributed by atoms with Crippen LogP contribution < -0.4 is 10.2 Å². The molecule has 1 aliphatic heterocycles. The Kier molecular flexibility index (Phi) is 6.92. The van der Waals surface area contributed by atoms with Crippen molar-refractivity contribution in [2.75, 3.05) is 32.7 Å². The SMILES string of the molecule is CCC[C@H](C)NC(=O)C[NH+]1CCN(S(=O)(=O)c2ccc(F)cc2)CC1. The summed E-state index contributed by atoms with van der Waals surface area (Å²) in [6.45, 7) is 6.29. The van der Waals surface area contributed by atoms with Crippen molar-refractivity contribution in [3.8, 4) is 0 Å². The van der Waals surface area contributed by atoms with Crippen molar-refractivity contribution < 1.29 is 22.5 Å². The number of sulfonamides is 1. The van der Waals surface area contributed by atoms with Crippen LogP contribution in [0.1, 0.15) is 26.7 Å². The first-order valence-corrected chi connectivity index (χ1v) is 10.2. The average Bonchev–Trinajstić information content (AvgIpc) is 2.55. The Balaban J connectivity index is 1.86. The summed E-state index contributed by atoms with van der Waals surface area (Å²) in [7, 11) is -3.60. The molecule has 0 radical (unpaired) electrons. The van der Waals surface area contributed by atoms with E-state index in [1.165, 1.54) is 16.4 Å². The number of carbonyl (C=O) groups excluding carboxylic acids is 1. The number of quaternary nitrogens is 1. The monoisotopic (exact) mass is 372 g/mol. The van der Waals surface area contributed by atoms with Gasteiger partial charge in [-0.3, -0.25) is 4.79 Å². The van der Waals surface area contributed by atoms with Gasteiger partial charge in [-0.25, -0.2) is 12.8 Å². The van der Waals surface area contributed by atoms with E-state index in [-0.39, 0.29) is 16.8 Å². The lowest BCUT2D eigenvalue weighted by Crippen LogP contribution is -3.15. The molecule has 1 heterocycles. The van der Waals surface area contributed by atoms with E-state index in [9.17, 15) is 17.6 Å². The quantitative estimate of drug-likeness (QED) is 0.709. The third kappa shape index (κ3) is 5.49. The van der Waals surface area contributed by atoms with Gasteiger partial charge in [-0.15, -0.1) is 0 Å². The Morgan fingerprint density at radius 3 is 2.44 bits per heavy atom. The number of hydrogen-bond acceptors (Lipinski definition) is 3. The van der Waals surface area contributed by atoms with Crippen LogP contribution in [0.2, 0.25) is 0 Å². The van der Waals surface area contributed by atoms with Crippen molar-refractivity contribution in [2.24, 2.45) is 0 Å². The maximum atomic E-state index is 13.0. The van der Waals surface area contributed by atoms with Gasteiger partial charge in [0.25, 0.3) is 5.91 Å². The number of halogens is 1. The number of amides is 1. The van der Waals surface area contributed by atoms with Gasteiger partial charge in [0.15, 0.2) is 6.54 Å². The number of benzene rings is 1. The van der Waals surface area contributed by atoms with Crippen molar-refractivity contribution >= 4 is 15.9 Å². The van der Waals surface area contributed by atoms with Gasteiger partial charge in [-0.1, -0.05) is 13.3 Å². The first-order valence-electron chi connectivity index (χ1n) is 8.71. The molecule has 0 saturated carbocycles. The summed E-state index contributed by atoms with van der Waals surface area (Å²) >= 11 is 0. The lowest BCUT2D eigenvalue weighted by atomic mass is 10.2. The van der Waals surface area contributed by atoms with Crippen LogP contribution in [-0.4, -0.2) is 57.4 Å². The first kappa shape index (κ1) is 19.8. The number of nitrogens with zero attached hydrogens (tertiary/aromatic N) is 1.